The van der Waals surface area contributed by atoms with Crippen LogP contribution in [0.2, 0.25) is 5.02 Å². The van der Waals surface area contributed by atoms with Crippen LogP contribution >= 0.6 is 23.4 Å². The third kappa shape index (κ3) is 4.67. The number of carbonyl (C=O) groups is 2. The Morgan fingerprint density at radius 3 is 2.78 bits per heavy atom. The SMILES string of the molecule is COc1ccc(CNC(=O)CC2Sc3ccc(Cl)cc3NC2=O)c(OC)c1. The molecule has 0 saturated heterocycles. The molecule has 2 aromatic carbocycles. The van der Waals surface area contributed by atoms with E-state index in [1.54, 1.807) is 38.5 Å². The van der Waals surface area contributed by atoms with E-state index in [-0.39, 0.29) is 18.2 Å². The van der Waals surface area contributed by atoms with Crippen LogP contribution in [0.1, 0.15) is 12.0 Å². The summed E-state index contributed by atoms with van der Waals surface area (Å²) in [4.78, 5) is 25.5. The molecule has 0 fully saturated rings. The van der Waals surface area contributed by atoms with Crippen LogP contribution < -0.4 is 20.1 Å². The van der Waals surface area contributed by atoms with Gasteiger partial charge in [-0.15, -0.1) is 11.8 Å². The molecule has 142 valence electrons. The van der Waals surface area contributed by atoms with Gasteiger partial charge in [0.2, 0.25) is 11.8 Å². The lowest BCUT2D eigenvalue weighted by atomic mass is 10.1. The van der Waals surface area contributed by atoms with Crippen LogP contribution in [0.3, 0.4) is 0 Å². The summed E-state index contributed by atoms with van der Waals surface area (Å²) in [6.07, 6.45) is 0.0804. The number of halogens is 1. The van der Waals surface area contributed by atoms with Crippen molar-refractivity contribution in [2.45, 2.75) is 23.1 Å². The minimum Gasteiger partial charge on any atom is -0.497 e. The van der Waals surface area contributed by atoms with Crippen LogP contribution in [0.4, 0.5) is 5.69 Å². The van der Waals surface area contributed by atoms with E-state index in [1.165, 1.54) is 11.8 Å². The summed E-state index contributed by atoms with van der Waals surface area (Å²) in [5.74, 6) is 0.895. The van der Waals surface area contributed by atoms with Crippen LogP contribution in [0.15, 0.2) is 41.3 Å². The van der Waals surface area contributed by atoms with Gasteiger partial charge in [-0.25, -0.2) is 0 Å². The number of methoxy groups -OCH3 is 2. The molecule has 1 aliphatic heterocycles. The van der Waals surface area contributed by atoms with Gasteiger partial charge in [0.15, 0.2) is 0 Å². The van der Waals surface area contributed by atoms with Gasteiger partial charge >= 0.3 is 0 Å². The molecule has 0 bridgehead atoms. The van der Waals surface area contributed by atoms with Crippen LogP contribution in [0.5, 0.6) is 11.5 Å². The fraction of sp³-hybridized carbons (Fsp3) is 0.263. The molecule has 2 aromatic rings. The van der Waals surface area contributed by atoms with E-state index in [1.807, 2.05) is 12.1 Å². The van der Waals surface area contributed by atoms with Gasteiger partial charge in [0, 0.05) is 34.5 Å². The summed E-state index contributed by atoms with van der Waals surface area (Å²) in [6.45, 7) is 0.303. The van der Waals surface area contributed by atoms with E-state index in [4.69, 9.17) is 21.1 Å². The first-order chi connectivity index (χ1) is 13.0. The van der Waals surface area contributed by atoms with Gasteiger partial charge in [-0.3, -0.25) is 9.59 Å². The molecule has 0 aliphatic carbocycles. The fourth-order valence-electron chi connectivity index (χ4n) is 2.69. The van der Waals surface area contributed by atoms with Crippen LogP contribution in [-0.2, 0) is 16.1 Å². The van der Waals surface area contributed by atoms with Gasteiger partial charge in [-0.2, -0.15) is 0 Å². The molecule has 0 aromatic heterocycles. The Kier molecular flexibility index (Phi) is 6.13. The van der Waals surface area contributed by atoms with Crippen molar-refractivity contribution in [1.82, 2.24) is 5.32 Å². The van der Waals surface area contributed by atoms with Crippen LogP contribution in [0.25, 0.3) is 0 Å². The maximum Gasteiger partial charge on any atom is 0.238 e. The Bertz CT molecular complexity index is 875. The number of nitrogens with one attached hydrogen (secondary N) is 2. The van der Waals surface area contributed by atoms with E-state index in [2.05, 4.69) is 10.6 Å². The second-order valence-electron chi connectivity index (χ2n) is 5.89. The number of ether oxygens (including phenoxy) is 2. The minimum absolute atomic E-state index is 0.0804. The summed E-state index contributed by atoms with van der Waals surface area (Å²) in [5.41, 5.74) is 1.50. The van der Waals surface area contributed by atoms with E-state index in [0.29, 0.717) is 28.8 Å². The zero-order valence-electron chi connectivity index (χ0n) is 14.9. The van der Waals surface area contributed by atoms with E-state index in [9.17, 15) is 9.59 Å². The molecular formula is C19H19ClN2O4S. The molecule has 1 aliphatic rings. The van der Waals surface area contributed by atoms with Gasteiger partial charge in [-0.05, 0) is 30.3 Å². The number of hydrogen-bond acceptors (Lipinski definition) is 5. The summed E-state index contributed by atoms with van der Waals surface area (Å²) >= 11 is 7.31. The average Bonchev–Trinajstić information content (AvgIpc) is 2.67. The van der Waals surface area contributed by atoms with Crippen molar-refractivity contribution in [3.05, 3.63) is 47.0 Å². The lowest BCUT2D eigenvalue weighted by Gasteiger charge is -2.23. The molecule has 8 heteroatoms. The Labute approximate surface area is 166 Å². The zero-order valence-corrected chi connectivity index (χ0v) is 16.4. The molecular weight excluding hydrogens is 388 g/mol. The van der Waals surface area contributed by atoms with E-state index in [0.717, 1.165) is 10.5 Å². The first-order valence-corrected chi connectivity index (χ1v) is 9.50. The number of rotatable bonds is 6. The number of anilines is 1. The second-order valence-corrected chi connectivity index (χ2v) is 7.58. The monoisotopic (exact) mass is 406 g/mol. The predicted molar refractivity (Wildman–Crippen MR) is 106 cm³/mol. The van der Waals surface area contributed by atoms with Crippen molar-refractivity contribution >= 4 is 40.9 Å². The van der Waals surface area contributed by atoms with Crippen molar-refractivity contribution in [3.63, 3.8) is 0 Å². The third-order valence-corrected chi connectivity index (χ3v) is 5.61. The van der Waals surface area contributed by atoms with E-state index < -0.39 is 5.25 Å². The number of benzene rings is 2. The van der Waals surface area contributed by atoms with Crippen molar-refractivity contribution in [2.24, 2.45) is 0 Å². The molecule has 2 N–H and O–H groups in total. The minimum atomic E-state index is -0.489. The molecule has 0 saturated carbocycles. The number of amides is 2. The van der Waals surface area contributed by atoms with Gasteiger partial charge < -0.3 is 20.1 Å². The quantitative estimate of drug-likeness (QED) is 0.768. The average molecular weight is 407 g/mol. The van der Waals surface area contributed by atoms with E-state index >= 15 is 0 Å². The van der Waals surface area contributed by atoms with Crippen LogP contribution in [0, 0.1) is 0 Å². The molecule has 0 spiro atoms. The highest BCUT2D eigenvalue weighted by Crippen LogP contribution is 2.38. The summed E-state index contributed by atoms with van der Waals surface area (Å²) in [5, 5.41) is 5.71. The number of carbonyl (C=O) groups excluding carboxylic acids is 2. The smallest absolute Gasteiger partial charge is 0.238 e. The predicted octanol–water partition coefficient (Wildman–Crippen LogP) is 3.48. The van der Waals surface area contributed by atoms with Gasteiger partial charge in [-0.1, -0.05) is 11.6 Å². The maximum absolute atomic E-state index is 12.3. The van der Waals surface area contributed by atoms with Gasteiger partial charge in [0.1, 0.15) is 11.5 Å². The Morgan fingerprint density at radius 2 is 2.04 bits per heavy atom. The molecule has 6 nitrogen and oxygen atoms in total. The zero-order chi connectivity index (χ0) is 19.4. The summed E-state index contributed by atoms with van der Waals surface area (Å²) < 4.78 is 10.5. The molecule has 1 heterocycles. The van der Waals surface area contributed by atoms with Gasteiger partial charge in [0.05, 0.1) is 25.2 Å². The second kappa shape index (κ2) is 8.54. The van der Waals surface area contributed by atoms with Gasteiger partial charge in [0.25, 0.3) is 0 Å². The molecule has 2 amide bonds. The molecule has 1 unspecified atom stereocenters. The largest absolute Gasteiger partial charge is 0.497 e. The van der Waals surface area contributed by atoms with Crippen molar-refractivity contribution < 1.29 is 19.1 Å². The normalized spacial score (nSPS) is 15.5. The molecule has 0 radical (unpaired) electrons. The summed E-state index contributed by atoms with van der Waals surface area (Å²) in [7, 11) is 3.14. The number of thioether (sulfide) groups is 1. The highest BCUT2D eigenvalue weighted by molar-refractivity contribution is 8.01. The topological polar surface area (TPSA) is 76.7 Å². The van der Waals surface area contributed by atoms with Crippen LogP contribution in [-0.4, -0.2) is 31.3 Å². The molecule has 3 rings (SSSR count). The Balaban J connectivity index is 1.60. The molecule has 27 heavy (non-hydrogen) atoms. The lowest BCUT2D eigenvalue weighted by molar-refractivity contribution is -0.124. The third-order valence-electron chi connectivity index (χ3n) is 4.10. The van der Waals surface area contributed by atoms with Crippen molar-refractivity contribution in [3.8, 4) is 11.5 Å². The Hall–Kier alpha value is -2.38. The summed E-state index contributed by atoms with van der Waals surface area (Å²) in [6, 6.07) is 10.7. The molecule has 1 atom stereocenters. The Morgan fingerprint density at radius 1 is 1.22 bits per heavy atom. The number of hydrogen-bond donors (Lipinski definition) is 2. The highest BCUT2D eigenvalue weighted by atomic mass is 35.5. The first-order valence-electron chi connectivity index (χ1n) is 8.25. The maximum atomic E-state index is 12.3. The highest BCUT2D eigenvalue weighted by Gasteiger charge is 2.29. The van der Waals surface area contributed by atoms with Crippen molar-refractivity contribution in [2.75, 3.05) is 19.5 Å². The standard InChI is InChI=1S/C19H19ClN2O4S/c1-25-13-5-3-11(15(8-13)26-2)10-21-18(23)9-17-19(24)22-14-7-12(20)4-6-16(14)27-17/h3-8,17H,9-10H2,1-2H3,(H,21,23)(H,22,24). The van der Waals surface area contributed by atoms with Crippen molar-refractivity contribution in [1.29, 1.82) is 0 Å². The first kappa shape index (κ1) is 19.4. The number of fused-ring (bicyclic) bond motifs is 1. The fourth-order valence-corrected chi connectivity index (χ4v) is 3.95. The lowest BCUT2D eigenvalue weighted by Crippen LogP contribution is -2.34.